The summed E-state index contributed by atoms with van der Waals surface area (Å²) in [6, 6.07) is 19.3. The van der Waals surface area contributed by atoms with E-state index in [0.29, 0.717) is 18.8 Å². The predicted molar refractivity (Wildman–Crippen MR) is 158 cm³/mol. The van der Waals surface area contributed by atoms with Crippen molar-refractivity contribution in [2.75, 3.05) is 6.61 Å². The lowest BCUT2D eigenvalue weighted by atomic mass is 10.2. The van der Waals surface area contributed by atoms with E-state index in [1.807, 2.05) is 31.2 Å². The van der Waals surface area contributed by atoms with Crippen LogP contribution in [-0.4, -0.2) is 18.7 Å². The largest absolute Gasteiger partial charge is 0.494 e. The second-order valence-corrected chi connectivity index (χ2v) is 10.7. The molecule has 34 heavy (non-hydrogen) atoms. The summed E-state index contributed by atoms with van der Waals surface area (Å²) in [5, 5.41) is 4.89. The molecular formula is C25H19I3N2O4. The Bertz CT molecular complexity index is 1330. The van der Waals surface area contributed by atoms with Gasteiger partial charge in [0.25, 0.3) is 0 Å². The average molecular weight is 792 g/mol. The number of benzene rings is 3. The highest BCUT2D eigenvalue weighted by atomic mass is 127. The number of hydrazone groups is 1. The highest BCUT2D eigenvalue weighted by Crippen LogP contribution is 2.29. The van der Waals surface area contributed by atoms with Crippen LogP contribution >= 0.6 is 67.8 Å². The van der Waals surface area contributed by atoms with E-state index in [1.54, 1.807) is 18.3 Å². The number of nitrogens with zero attached hydrogens (tertiary/aromatic N) is 1. The molecule has 0 saturated carbocycles. The number of nitrogens with one attached hydrogen (secondary N) is 1. The fourth-order valence-corrected chi connectivity index (χ4v) is 5.63. The lowest BCUT2D eigenvalue weighted by Gasteiger charge is -2.11. The molecule has 0 bridgehead atoms. The molecule has 0 atom stereocenters. The maximum atomic E-state index is 12.5. The lowest BCUT2D eigenvalue weighted by Crippen LogP contribution is -2.16. The summed E-state index contributed by atoms with van der Waals surface area (Å²) < 4.78 is 20.3. The normalized spacial score (nSPS) is 11.2. The minimum Gasteiger partial charge on any atom is -0.494 e. The molecule has 4 aromatic rings. The van der Waals surface area contributed by atoms with Crippen molar-refractivity contribution in [1.29, 1.82) is 0 Å². The Morgan fingerprint density at radius 2 is 1.74 bits per heavy atom. The Morgan fingerprint density at radius 1 is 1.00 bits per heavy atom. The molecule has 3 aromatic carbocycles. The van der Waals surface area contributed by atoms with Crippen molar-refractivity contribution in [3.05, 3.63) is 88.3 Å². The number of hydrogen-bond donors (Lipinski definition) is 1. The zero-order valence-electron chi connectivity index (χ0n) is 18.0. The van der Waals surface area contributed by atoms with E-state index in [4.69, 9.17) is 13.9 Å². The maximum absolute atomic E-state index is 12.5. The molecule has 0 aliphatic carbocycles. The highest BCUT2D eigenvalue weighted by Gasteiger charge is 2.13. The van der Waals surface area contributed by atoms with Gasteiger partial charge in [-0.25, -0.2) is 5.43 Å². The number of hydrogen-bond acceptors (Lipinski definition) is 5. The first-order valence-electron chi connectivity index (χ1n) is 10.3. The molecule has 0 aliphatic heterocycles. The van der Waals surface area contributed by atoms with Gasteiger partial charge in [0.2, 0.25) is 0 Å². The van der Waals surface area contributed by atoms with Gasteiger partial charge in [0.15, 0.2) is 5.76 Å². The fraction of sp³-hybridized carbons (Fsp3) is 0.120. The summed E-state index contributed by atoms with van der Waals surface area (Å²) in [5.41, 5.74) is 5.10. The van der Waals surface area contributed by atoms with E-state index in [9.17, 15) is 4.79 Å². The van der Waals surface area contributed by atoms with Crippen LogP contribution in [0.2, 0.25) is 0 Å². The van der Waals surface area contributed by atoms with Gasteiger partial charge >= 0.3 is 5.91 Å². The van der Waals surface area contributed by atoms with E-state index in [-0.39, 0.29) is 5.76 Å². The first-order valence-corrected chi connectivity index (χ1v) is 13.5. The van der Waals surface area contributed by atoms with Gasteiger partial charge in [0, 0.05) is 8.96 Å². The van der Waals surface area contributed by atoms with Crippen LogP contribution in [0, 0.1) is 10.7 Å². The molecule has 0 fully saturated rings. The Kier molecular flexibility index (Phi) is 8.69. The molecule has 1 N–H and O–H groups in total. The minimum absolute atomic E-state index is 0.185. The molecule has 0 radical (unpaired) electrons. The number of fused-ring (bicyclic) bond motifs is 1. The standard InChI is InChI=1S/C25H19I3N2O4/c1-2-32-19-7-8-22-17(11-19)12-23(34-22)25(31)30-29-13-16-9-20(27)24(21(28)10-16)33-14-15-3-5-18(26)6-4-15/h3-13H,2,14H2,1H3,(H,30,31)/b29-13+. The monoisotopic (exact) mass is 792 g/mol. The van der Waals surface area contributed by atoms with Gasteiger partial charge in [-0.2, -0.15) is 5.10 Å². The summed E-state index contributed by atoms with van der Waals surface area (Å²) in [7, 11) is 0. The van der Waals surface area contributed by atoms with Crippen LogP contribution < -0.4 is 14.9 Å². The van der Waals surface area contributed by atoms with Crippen LogP contribution in [0.1, 0.15) is 28.6 Å². The average Bonchev–Trinajstić information content (AvgIpc) is 3.23. The second kappa shape index (κ2) is 11.7. The van der Waals surface area contributed by atoms with E-state index in [0.717, 1.165) is 35.2 Å². The molecule has 1 heterocycles. The van der Waals surface area contributed by atoms with E-state index >= 15 is 0 Å². The molecule has 9 heteroatoms. The Labute approximate surface area is 237 Å². The molecule has 174 valence electrons. The third-order valence-corrected chi connectivity index (χ3v) is 7.04. The smallest absolute Gasteiger partial charge is 0.307 e. The van der Waals surface area contributed by atoms with Gasteiger partial charge in [-0.05, 0) is 134 Å². The quantitative estimate of drug-likeness (QED) is 0.119. The lowest BCUT2D eigenvalue weighted by molar-refractivity contribution is 0.0929. The third kappa shape index (κ3) is 6.42. The van der Waals surface area contributed by atoms with E-state index < -0.39 is 5.91 Å². The summed E-state index contributed by atoms with van der Waals surface area (Å²) >= 11 is 6.77. The molecule has 1 aromatic heterocycles. The molecule has 1 amide bonds. The number of furan rings is 1. The number of ether oxygens (including phenoxy) is 2. The first-order chi connectivity index (χ1) is 16.4. The van der Waals surface area contributed by atoms with Crippen LogP contribution in [0.25, 0.3) is 11.0 Å². The van der Waals surface area contributed by atoms with Crippen LogP contribution in [0.4, 0.5) is 0 Å². The SMILES string of the molecule is CCOc1ccc2oc(C(=O)N/N=C/c3cc(I)c(OCc4ccc(I)cc4)c(I)c3)cc2c1. The zero-order valence-corrected chi connectivity index (χ0v) is 24.5. The van der Waals surface area contributed by atoms with Crippen LogP contribution in [0.3, 0.4) is 0 Å². The summed E-state index contributed by atoms with van der Waals surface area (Å²) in [6.45, 7) is 2.99. The van der Waals surface area contributed by atoms with Crippen LogP contribution in [0.5, 0.6) is 11.5 Å². The maximum Gasteiger partial charge on any atom is 0.307 e. The number of halogens is 3. The van der Waals surface area contributed by atoms with Crippen molar-refractivity contribution in [3.8, 4) is 11.5 Å². The van der Waals surface area contributed by atoms with Gasteiger partial charge in [-0.1, -0.05) is 12.1 Å². The third-order valence-electron chi connectivity index (χ3n) is 4.72. The Balaban J connectivity index is 1.39. The number of amides is 1. The van der Waals surface area contributed by atoms with Crippen molar-refractivity contribution in [3.63, 3.8) is 0 Å². The van der Waals surface area contributed by atoms with E-state index in [2.05, 4.69) is 103 Å². The summed E-state index contributed by atoms with van der Waals surface area (Å²) in [5.74, 6) is 1.32. The predicted octanol–water partition coefficient (Wildman–Crippen LogP) is 6.99. The van der Waals surface area contributed by atoms with Gasteiger partial charge in [0.05, 0.1) is 20.0 Å². The van der Waals surface area contributed by atoms with Gasteiger partial charge in [-0.15, -0.1) is 0 Å². The Morgan fingerprint density at radius 3 is 2.44 bits per heavy atom. The number of carbonyl (C=O) groups excluding carboxylic acids is 1. The fourth-order valence-electron chi connectivity index (χ4n) is 3.14. The van der Waals surface area contributed by atoms with Crippen molar-refractivity contribution in [2.45, 2.75) is 13.5 Å². The first kappa shape index (κ1) is 25.2. The van der Waals surface area contributed by atoms with Crippen molar-refractivity contribution < 1.29 is 18.7 Å². The number of carbonyl (C=O) groups is 1. The molecule has 0 unspecified atom stereocenters. The topological polar surface area (TPSA) is 73.1 Å². The van der Waals surface area contributed by atoms with Crippen LogP contribution in [-0.2, 0) is 6.61 Å². The number of rotatable bonds is 8. The van der Waals surface area contributed by atoms with Gasteiger partial charge in [-0.3, -0.25) is 4.79 Å². The molecule has 0 saturated heterocycles. The van der Waals surface area contributed by atoms with Crippen molar-refractivity contribution >= 4 is 90.9 Å². The summed E-state index contributed by atoms with van der Waals surface area (Å²) in [4.78, 5) is 12.5. The zero-order chi connectivity index (χ0) is 24.1. The molecule has 6 nitrogen and oxygen atoms in total. The molecular weight excluding hydrogens is 773 g/mol. The second-order valence-electron chi connectivity index (χ2n) is 7.17. The highest BCUT2D eigenvalue weighted by molar-refractivity contribution is 14.1. The molecule has 0 spiro atoms. The molecule has 4 rings (SSSR count). The van der Waals surface area contributed by atoms with Crippen molar-refractivity contribution in [1.82, 2.24) is 5.43 Å². The van der Waals surface area contributed by atoms with Gasteiger partial charge in [0.1, 0.15) is 23.7 Å². The minimum atomic E-state index is -0.424. The molecule has 0 aliphatic rings. The Hall–Kier alpha value is -1.87. The van der Waals surface area contributed by atoms with E-state index in [1.165, 1.54) is 3.57 Å². The van der Waals surface area contributed by atoms with Crippen molar-refractivity contribution in [2.24, 2.45) is 5.10 Å². The van der Waals surface area contributed by atoms with Crippen LogP contribution in [0.15, 0.2) is 70.2 Å². The summed E-state index contributed by atoms with van der Waals surface area (Å²) in [6.07, 6.45) is 1.60. The van der Waals surface area contributed by atoms with Gasteiger partial charge < -0.3 is 13.9 Å².